The molecule has 0 N–H and O–H groups in total. The molecule has 0 unspecified atom stereocenters. The van der Waals surface area contributed by atoms with Crippen molar-refractivity contribution in [2.24, 2.45) is 0 Å². The normalized spacial score (nSPS) is 12.3. The molecule has 0 atom stereocenters. The van der Waals surface area contributed by atoms with E-state index in [0.29, 0.717) is 16.7 Å². The Morgan fingerprint density at radius 1 is 0.393 bits per heavy atom. The van der Waals surface area contributed by atoms with Crippen LogP contribution in [0.5, 0.6) is 0 Å². The molecular formula is C44H27BF15P. The van der Waals surface area contributed by atoms with Gasteiger partial charge in [0.2, 0.25) is 0 Å². The quantitative estimate of drug-likeness (QED) is 0.0339. The van der Waals surface area contributed by atoms with Crippen molar-refractivity contribution in [3.63, 3.8) is 0 Å². The van der Waals surface area contributed by atoms with Crippen molar-refractivity contribution < 1.29 is 65.9 Å². The third kappa shape index (κ3) is 6.56. The van der Waals surface area contributed by atoms with Crippen molar-refractivity contribution in [1.29, 1.82) is 0 Å². The predicted octanol–water partition coefficient (Wildman–Crippen LogP) is 10.2. The lowest BCUT2D eigenvalue weighted by molar-refractivity contribution is 0.380. The Morgan fingerprint density at radius 2 is 0.607 bits per heavy atom. The summed E-state index contributed by atoms with van der Waals surface area (Å²) in [6.07, 6.45) is -6.09. The minimum atomic E-state index is -6.09. The smallest absolute Gasteiger partial charge is 0.200 e. The van der Waals surface area contributed by atoms with Crippen LogP contribution < -0.4 is 32.3 Å². The van der Waals surface area contributed by atoms with Crippen LogP contribution in [0.4, 0.5) is 65.9 Å². The fraction of sp³-hybridized carbons (Fsp3) is 0.0909. The van der Waals surface area contributed by atoms with Gasteiger partial charge in [-0.2, -0.15) is 5.98 Å². The molecule has 0 aromatic heterocycles. The molecule has 0 spiro atoms. The van der Waals surface area contributed by atoms with Crippen LogP contribution >= 0.6 is 7.26 Å². The molecule has 0 aliphatic carbocycles. The molecule has 0 bridgehead atoms. The van der Waals surface area contributed by atoms with Crippen LogP contribution in [-0.2, 0) is 0 Å². The Bertz CT molecular complexity index is 2490. The van der Waals surface area contributed by atoms with Crippen LogP contribution in [0.1, 0.15) is 23.6 Å². The molecule has 6 aromatic rings. The molecule has 0 amide bonds. The summed E-state index contributed by atoms with van der Waals surface area (Å²) in [6, 6.07) is 18.2. The summed E-state index contributed by atoms with van der Waals surface area (Å²) in [7, 11) is -4.22. The number of halogens is 15. The molecule has 0 saturated carbocycles. The summed E-state index contributed by atoms with van der Waals surface area (Å²) >= 11 is 0. The van der Waals surface area contributed by atoms with Gasteiger partial charge in [0.15, 0.2) is 52.4 Å². The maximum Gasteiger partial charge on any atom is 0.200 e. The molecule has 0 heterocycles. The molecule has 0 aliphatic heterocycles. The molecule has 0 saturated heterocycles. The van der Waals surface area contributed by atoms with Crippen molar-refractivity contribution >= 4 is 45.7 Å². The van der Waals surface area contributed by atoms with E-state index in [0.717, 1.165) is 6.92 Å². The minimum Gasteiger partial charge on any atom is -0.207 e. The van der Waals surface area contributed by atoms with Gasteiger partial charge >= 0.3 is 0 Å². The van der Waals surface area contributed by atoms with Gasteiger partial charge in [-0.1, -0.05) is 61.2 Å². The van der Waals surface area contributed by atoms with E-state index in [1.807, 2.05) is 0 Å². The Kier molecular flexibility index (Phi) is 11.9. The van der Waals surface area contributed by atoms with Crippen LogP contribution in [-0.4, -0.2) is 6.15 Å². The Labute approximate surface area is 338 Å². The van der Waals surface area contributed by atoms with Gasteiger partial charge in [-0.3, -0.25) is 0 Å². The monoisotopic (exact) mass is 882 g/mol. The zero-order chi connectivity index (χ0) is 45.2. The van der Waals surface area contributed by atoms with Crippen molar-refractivity contribution in [3.8, 4) is 0 Å². The number of hydrogen-bond donors (Lipinski definition) is 0. The van der Waals surface area contributed by atoms with Crippen LogP contribution in [0, 0.1) is 108 Å². The first-order valence-electron chi connectivity index (χ1n) is 17.8. The topological polar surface area (TPSA) is 0 Å². The van der Waals surface area contributed by atoms with Gasteiger partial charge in [-0.15, -0.1) is 16.4 Å². The van der Waals surface area contributed by atoms with E-state index in [1.54, 1.807) is 57.2 Å². The average Bonchev–Trinajstić information content (AvgIpc) is 3.23. The second-order valence-corrected chi connectivity index (χ2v) is 17.5. The number of allylic oxidation sites excluding steroid dienone is 2. The predicted molar refractivity (Wildman–Crippen MR) is 206 cm³/mol. The Hall–Kier alpha value is -5.76. The summed E-state index contributed by atoms with van der Waals surface area (Å²) in [6.45, 7) is 9.68. The van der Waals surface area contributed by atoms with E-state index in [2.05, 4.69) is 6.58 Å². The van der Waals surface area contributed by atoms with E-state index in [4.69, 9.17) is 0 Å². The van der Waals surface area contributed by atoms with Gasteiger partial charge in [-0.05, 0) is 68.2 Å². The van der Waals surface area contributed by atoms with Gasteiger partial charge in [0.25, 0.3) is 0 Å². The highest BCUT2D eigenvalue weighted by Crippen LogP contribution is 2.66. The lowest BCUT2D eigenvalue weighted by Gasteiger charge is -2.43. The van der Waals surface area contributed by atoms with Crippen LogP contribution in [0.3, 0.4) is 0 Å². The highest BCUT2D eigenvalue weighted by molar-refractivity contribution is 7.99. The number of rotatable bonds is 9. The third-order valence-corrected chi connectivity index (χ3v) is 15.7. The zero-order valence-electron chi connectivity index (χ0n) is 31.9. The van der Waals surface area contributed by atoms with Gasteiger partial charge in [-0.25, -0.2) is 65.9 Å². The van der Waals surface area contributed by atoms with Crippen molar-refractivity contribution in [2.75, 3.05) is 0 Å². The molecule has 0 radical (unpaired) electrons. The van der Waals surface area contributed by atoms with Crippen LogP contribution in [0.2, 0.25) is 0 Å². The molecule has 61 heavy (non-hydrogen) atoms. The van der Waals surface area contributed by atoms with E-state index in [9.17, 15) is 13.2 Å². The molecule has 316 valence electrons. The van der Waals surface area contributed by atoms with E-state index in [1.165, 1.54) is 36.4 Å². The number of hydrogen-bond acceptors (Lipinski definition) is 0. The second kappa shape index (κ2) is 16.3. The van der Waals surface area contributed by atoms with E-state index < -0.39 is 128 Å². The molecule has 6 aromatic carbocycles. The van der Waals surface area contributed by atoms with Crippen LogP contribution in [0.25, 0.3) is 0 Å². The first-order valence-corrected chi connectivity index (χ1v) is 19.6. The molecule has 0 aliphatic rings. The third-order valence-electron chi connectivity index (χ3n) is 10.7. The maximum absolute atomic E-state index is 16.7. The highest BCUT2D eigenvalue weighted by Gasteiger charge is 2.55. The largest absolute Gasteiger partial charge is 0.207 e. The molecule has 6 rings (SSSR count). The zero-order valence-corrected chi connectivity index (χ0v) is 32.8. The summed E-state index contributed by atoms with van der Waals surface area (Å²) in [5, 5.41) is -0.0124. The summed E-state index contributed by atoms with van der Waals surface area (Å²) in [5.41, 5.74) is -7.49. The maximum atomic E-state index is 16.7. The molecular weight excluding hydrogens is 855 g/mol. The van der Waals surface area contributed by atoms with E-state index in [-0.39, 0.29) is 21.9 Å². The van der Waals surface area contributed by atoms with Crippen molar-refractivity contribution in [2.45, 2.75) is 27.7 Å². The van der Waals surface area contributed by atoms with Crippen molar-refractivity contribution in [3.05, 3.63) is 200 Å². The average molecular weight is 882 g/mol. The lowest BCUT2D eigenvalue weighted by Crippen LogP contribution is -2.72. The summed E-state index contributed by atoms with van der Waals surface area (Å²) < 4.78 is 238. The molecule has 17 heteroatoms. The summed E-state index contributed by atoms with van der Waals surface area (Å²) in [5.74, 6) is -45.9. The lowest BCUT2D eigenvalue weighted by atomic mass is 9.15. The molecule has 0 fully saturated rings. The first kappa shape index (κ1) is 44.8. The summed E-state index contributed by atoms with van der Waals surface area (Å²) in [4.78, 5) is 0. The highest BCUT2D eigenvalue weighted by atomic mass is 31.2. The SMILES string of the molecule is C=C(C)/C(=C\[B-](c1c(F)c(F)c(F)c(F)c1F)(c1c(F)c(F)c(F)c(F)c1F)c1c(F)c(F)c(F)c(F)c1F)[P+](c1ccccc1C)(c1ccccc1C)c1ccccc1C. The fourth-order valence-corrected chi connectivity index (χ4v) is 13.4. The Morgan fingerprint density at radius 3 is 0.820 bits per heavy atom. The van der Waals surface area contributed by atoms with Crippen molar-refractivity contribution in [1.82, 2.24) is 0 Å². The minimum absolute atomic E-state index is 0.0796. The Balaban J connectivity index is 2.16. The standard InChI is InChI=1S/C44H27BF15P/c1-19(2)26(61(23-15-9-6-12-20(23)3,24-16-10-7-13-21(24)4)25-17-11-8-14-22(25)5)18-45(27-30(46)36(52)42(58)37(53)31(27)47,28-32(48)38(54)43(59)39(55)33(28)49)29-34(50)40(56)44(60)41(57)35(29)51/h6-18H,1H2,2-5H3/b26-18+. The first-order chi connectivity index (χ1) is 28.6. The van der Waals surface area contributed by atoms with Gasteiger partial charge in [0.1, 0.15) is 64.2 Å². The number of aryl methyl sites for hydroxylation is 3. The van der Waals surface area contributed by atoms with Crippen LogP contribution in [0.15, 0.2) is 96.2 Å². The fourth-order valence-electron chi connectivity index (χ4n) is 8.12. The number of benzene rings is 6. The molecule has 0 nitrogen and oxygen atoms in total. The second-order valence-electron chi connectivity index (χ2n) is 14.2. The van der Waals surface area contributed by atoms with Gasteiger partial charge in [0.05, 0.1) is 5.31 Å². The van der Waals surface area contributed by atoms with Gasteiger partial charge < -0.3 is 0 Å². The van der Waals surface area contributed by atoms with Gasteiger partial charge in [0, 0.05) is 0 Å². The van der Waals surface area contributed by atoms with E-state index >= 15 is 52.7 Å².